The van der Waals surface area contributed by atoms with Crippen molar-refractivity contribution in [2.75, 3.05) is 17.2 Å². The van der Waals surface area contributed by atoms with Crippen molar-refractivity contribution in [1.82, 2.24) is 10.2 Å². The summed E-state index contributed by atoms with van der Waals surface area (Å²) in [5, 5.41) is 17.3. The van der Waals surface area contributed by atoms with Gasteiger partial charge in [0.2, 0.25) is 11.8 Å². The molecule has 0 saturated heterocycles. The molecular weight excluding hydrogens is 416 g/mol. The van der Waals surface area contributed by atoms with Crippen LogP contribution in [0.1, 0.15) is 0 Å². The molecule has 0 unspecified atom stereocenters. The van der Waals surface area contributed by atoms with Crippen molar-refractivity contribution in [3.8, 4) is 17.5 Å². The van der Waals surface area contributed by atoms with Crippen LogP contribution in [0.5, 0.6) is 0 Å². The minimum absolute atomic E-state index is 0.0184. The van der Waals surface area contributed by atoms with Crippen LogP contribution in [0.25, 0.3) is 11.5 Å². The third kappa shape index (κ3) is 4.31. The number of carbonyl (C=O) groups excluding carboxylic acids is 1. The monoisotopic (exact) mass is 428 g/mol. The molecule has 1 heterocycles. The van der Waals surface area contributed by atoms with E-state index in [9.17, 15) is 4.79 Å². The van der Waals surface area contributed by atoms with Gasteiger partial charge in [-0.25, -0.2) is 0 Å². The molecule has 1 aromatic heterocycles. The third-order valence-electron chi connectivity index (χ3n) is 3.43. The van der Waals surface area contributed by atoms with Crippen molar-refractivity contribution in [3.63, 3.8) is 0 Å². The van der Waals surface area contributed by atoms with Crippen LogP contribution < -0.4 is 4.90 Å². The summed E-state index contributed by atoms with van der Waals surface area (Å²) >= 11 is 4.58. The Labute approximate surface area is 163 Å². The zero-order chi connectivity index (χ0) is 18.4. The molecule has 3 aromatic rings. The average Bonchev–Trinajstić information content (AvgIpc) is 3.14. The molecule has 0 fully saturated rings. The Hall–Kier alpha value is -2.63. The molecule has 8 heteroatoms. The largest absolute Gasteiger partial charge is 0.411 e. The van der Waals surface area contributed by atoms with E-state index in [0.717, 1.165) is 21.8 Å². The van der Waals surface area contributed by atoms with Gasteiger partial charge in [0.15, 0.2) is 0 Å². The van der Waals surface area contributed by atoms with Gasteiger partial charge >= 0.3 is 0 Å². The maximum Gasteiger partial charge on any atom is 0.277 e. The number of halogens is 1. The minimum atomic E-state index is -0.205. The van der Waals surface area contributed by atoms with Crippen molar-refractivity contribution < 1.29 is 9.21 Å². The Morgan fingerprint density at radius 3 is 2.62 bits per heavy atom. The lowest BCUT2D eigenvalue weighted by Crippen LogP contribution is -2.32. The van der Waals surface area contributed by atoms with Gasteiger partial charge in [0.25, 0.3) is 5.22 Å². The molecule has 6 nitrogen and oxygen atoms in total. The molecule has 0 atom stereocenters. The molecule has 0 bridgehead atoms. The molecule has 130 valence electrons. The molecule has 26 heavy (non-hydrogen) atoms. The van der Waals surface area contributed by atoms with Gasteiger partial charge in [-0.2, -0.15) is 5.26 Å². The maximum absolute atomic E-state index is 12.5. The van der Waals surface area contributed by atoms with Gasteiger partial charge in [0.1, 0.15) is 6.54 Å². The number of carbonyl (C=O) groups is 1. The van der Waals surface area contributed by atoms with Gasteiger partial charge < -0.3 is 4.42 Å². The van der Waals surface area contributed by atoms with E-state index in [-0.39, 0.29) is 18.2 Å². The van der Waals surface area contributed by atoms with Gasteiger partial charge in [-0.15, -0.1) is 10.2 Å². The van der Waals surface area contributed by atoms with Crippen molar-refractivity contribution >= 4 is 39.3 Å². The highest BCUT2D eigenvalue weighted by Crippen LogP contribution is 2.29. The lowest BCUT2D eigenvalue weighted by molar-refractivity contribution is -0.116. The number of aromatic nitrogens is 2. The van der Waals surface area contributed by atoms with Crippen LogP contribution in [0.15, 0.2) is 68.7 Å². The summed E-state index contributed by atoms with van der Waals surface area (Å²) in [6.07, 6.45) is 0. The molecule has 0 N–H and O–H groups in total. The predicted molar refractivity (Wildman–Crippen MR) is 103 cm³/mol. The number of amides is 1. The molecule has 0 saturated carbocycles. The topological polar surface area (TPSA) is 83.0 Å². The highest BCUT2D eigenvalue weighted by molar-refractivity contribution is 9.10. The van der Waals surface area contributed by atoms with E-state index in [0.29, 0.717) is 16.8 Å². The van der Waals surface area contributed by atoms with Crippen LogP contribution in [-0.4, -0.2) is 28.4 Å². The smallest absolute Gasteiger partial charge is 0.277 e. The second-order valence-corrected chi connectivity index (χ2v) is 6.90. The predicted octanol–water partition coefficient (Wildman–Crippen LogP) is 4.15. The van der Waals surface area contributed by atoms with Crippen LogP contribution in [-0.2, 0) is 4.79 Å². The first-order valence-electron chi connectivity index (χ1n) is 7.62. The van der Waals surface area contributed by atoms with E-state index in [1.165, 1.54) is 4.90 Å². The summed E-state index contributed by atoms with van der Waals surface area (Å²) < 4.78 is 6.47. The fourth-order valence-electron chi connectivity index (χ4n) is 2.22. The molecular formula is C18H13BrN4O2S. The van der Waals surface area contributed by atoms with Crippen LogP contribution in [0.2, 0.25) is 0 Å². The van der Waals surface area contributed by atoms with Crippen LogP contribution in [0, 0.1) is 11.3 Å². The first-order valence-corrected chi connectivity index (χ1v) is 9.40. The highest BCUT2D eigenvalue weighted by atomic mass is 79.9. The van der Waals surface area contributed by atoms with Gasteiger partial charge in [-0.05, 0) is 40.2 Å². The van der Waals surface area contributed by atoms with E-state index >= 15 is 0 Å². The molecule has 0 aliphatic heterocycles. The Morgan fingerprint density at radius 2 is 1.88 bits per heavy atom. The van der Waals surface area contributed by atoms with Crippen molar-refractivity contribution in [2.45, 2.75) is 5.22 Å². The van der Waals surface area contributed by atoms with E-state index < -0.39 is 0 Å². The number of benzene rings is 2. The second kappa shape index (κ2) is 8.65. The van der Waals surface area contributed by atoms with Crippen molar-refractivity contribution in [1.29, 1.82) is 5.26 Å². The first-order chi connectivity index (χ1) is 12.7. The Morgan fingerprint density at radius 1 is 1.15 bits per heavy atom. The lowest BCUT2D eigenvalue weighted by Gasteiger charge is -2.18. The fraction of sp³-hybridized carbons (Fsp3) is 0.111. The number of nitriles is 1. The Balaban J connectivity index is 1.68. The number of para-hydroxylation sites is 1. The molecule has 0 spiro atoms. The van der Waals surface area contributed by atoms with E-state index in [2.05, 4.69) is 26.1 Å². The number of hydrogen-bond acceptors (Lipinski definition) is 6. The standard InChI is InChI=1S/C18H13BrN4O2S/c19-15-9-5-4-8-14(15)17-21-22-18(25-17)26-12-16(24)23(11-10-20)13-6-2-1-3-7-13/h1-9H,11-12H2. The van der Waals surface area contributed by atoms with Gasteiger partial charge in [0, 0.05) is 10.2 Å². The summed E-state index contributed by atoms with van der Waals surface area (Å²) in [7, 11) is 0. The minimum Gasteiger partial charge on any atom is -0.411 e. The van der Waals surface area contributed by atoms with Crippen LogP contribution >= 0.6 is 27.7 Å². The van der Waals surface area contributed by atoms with Gasteiger partial charge in [-0.1, -0.05) is 42.1 Å². The van der Waals surface area contributed by atoms with Crippen LogP contribution in [0.3, 0.4) is 0 Å². The molecule has 0 aliphatic carbocycles. The highest BCUT2D eigenvalue weighted by Gasteiger charge is 2.18. The second-order valence-electron chi connectivity index (χ2n) is 5.12. The summed E-state index contributed by atoms with van der Waals surface area (Å²) in [4.78, 5) is 13.9. The lowest BCUT2D eigenvalue weighted by atomic mass is 10.2. The number of nitrogens with zero attached hydrogens (tertiary/aromatic N) is 4. The Bertz CT molecular complexity index is 940. The average molecular weight is 429 g/mol. The van der Waals surface area contributed by atoms with E-state index in [4.69, 9.17) is 9.68 Å². The number of hydrogen-bond donors (Lipinski definition) is 0. The Kier molecular flexibility index (Phi) is 6.04. The maximum atomic E-state index is 12.5. The summed E-state index contributed by atoms with van der Waals surface area (Å²) in [6.45, 7) is -0.0184. The zero-order valence-corrected chi connectivity index (χ0v) is 15.9. The van der Waals surface area contributed by atoms with Gasteiger partial charge in [-0.3, -0.25) is 9.69 Å². The zero-order valence-electron chi connectivity index (χ0n) is 13.5. The summed E-state index contributed by atoms with van der Waals surface area (Å²) in [5.74, 6) is 0.265. The first kappa shape index (κ1) is 18.2. The number of anilines is 1. The number of rotatable bonds is 6. The molecule has 2 aromatic carbocycles. The van der Waals surface area contributed by atoms with Gasteiger partial charge in [0.05, 0.1) is 17.4 Å². The van der Waals surface area contributed by atoms with Crippen molar-refractivity contribution in [2.24, 2.45) is 0 Å². The fourth-order valence-corrected chi connectivity index (χ4v) is 3.31. The molecule has 1 amide bonds. The molecule has 0 radical (unpaired) electrons. The quantitative estimate of drug-likeness (QED) is 0.433. The van der Waals surface area contributed by atoms with E-state index in [1.807, 2.05) is 48.5 Å². The molecule has 0 aliphatic rings. The van der Waals surface area contributed by atoms with E-state index in [1.54, 1.807) is 12.1 Å². The van der Waals surface area contributed by atoms with Crippen LogP contribution in [0.4, 0.5) is 5.69 Å². The summed E-state index contributed by atoms with van der Waals surface area (Å²) in [5.41, 5.74) is 1.47. The third-order valence-corrected chi connectivity index (χ3v) is 4.92. The van der Waals surface area contributed by atoms with Crippen molar-refractivity contribution in [3.05, 3.63) is 59.1 Å². The number of thioether (sulfide) groups is 1. The normalized spacial score (nSPS) is 10.3. The molecule has 3 rings (SSSR count). The summed E-state index contributed by atoms with van der Waals surface area (Å²) in [6, 6.07) is 18.6. The SMILES string of the molecule is N#CCN(C(=O)CSc1nnc(-c2ccccc2Br)o1)c1ccccc1.